The van der Waals surface area contributed by atoms with E-state index in [1.54, 1.807) is 7.11 Å². The highest BCUT2D eigenvalue weighted by atomic mass is 35.5. The molecule has 0 unspecified atom stereocenters. The van der Waals surface area contributed by atoms with Gasteiger partial charge in [-0.05, 0) is 48.0 Å². The third-order valence-corrected chi connectivity index (χ3v) is 6.00. The molecule has 1 amide bonds. The summed E-state index contributed by atoms with van der Waals surface area (Å²) in [6.45, 7) is 0.437. The number of halogens is 1. The second kappa shape index (κ2) is 8.38. The third kappa shape index (κ3) is 3.99. The first kappa shape index (κ1) is 20.3. The maximum atomic E-state index is 12.7. The first-order valence-electron chi connectivity index (χ1n) is 9.33. The zero-order valence-corrected chi connectivity index (χ0v) is 18.4. The number of carbonyl (C=O) groups excluding carboxylic acids is 1. The van der Waals surface area contributed by atoms with Crippen molar-refractivity contribution in [2.24, 2.45) is 0 Å². The number of fused-ring (bicyclic) bond motifs is 1. The summed E-state index contributed by atoms with van der Waals surface area (Å²) < 4.78 is 7.32. The molecule has 4 aromatic rings. The van der Waals surface area contributed by atoms with Gasteiger partial charge in [-0.3, -0.25) is 9.36 Å². The van der Waals surface area contributed by atoms with E-state index >= 15 is 0 Å². The quantitative estimate of drug-likeness (QED) is 0.470. The Bertz CT molecular complexity index is 1180. The van der Waals surface area contributed by atoms with Crippen LogP contribution < -0.4 is 15.0 Å². The van der Waals surface area contributed by atoms with Crippen LogP contribution in [0.4, 0.5) is 5.95 Å². The number of imidazole rings is 1. The lowest BCUT2D eigenvalue weighted by molar-refractivity contribution is 0.0955. The van der Waals surface area contributed by atoms with E-state index < -0.39 is 0 Å². The fraction of sp³-hybridized carbons (Fsp3) is 0.182. The summed E-state index contributed by atoms with van der Waals surface area (Å²) in [5.74, 6) is 1.46. The fourth-order valence-corrected chi connectivity index (χ4v) is 4.27. The lowest BCUT2D eigenvalue weighted by atomic mass is 10.2. The summed E-state index contributed by atoms with van der Waals surface area (Å²) in [6.07, 6.45) is 0. The molecule has 0 radical (unpaired) electrons. The van der Waals surface area contributed by atoms with Gasteiger partial charge in [0.25, 0.3) is 5.91 Å². The number of nitrogens with zero attached hydrogens (tertiary/aromatic N) is 3. The van der Waals surface area contributed by atoms with Crippen molar-refractivity contribution < 1.29 is 9.53 Å². The Morgan fingerprint density at radius 3 is 2.50 bits per heavy atom. The van der Waals surface area contributed by atoms with Crippen LogP contribution in [0.15, 0.2) is 54.6 Å². The van der Waals surface area contributed by atoms with Gasteiger partial charge >= 0.3 is 0 Å². The number of aromatic nitrogens is 2. The highest BCUT2D eigenvalue weighted by molar-refractivity contribution is 7.20. The molecule has 1 N–H and O–H groups in total. The summed E-state index contributed by atoms with van der Waals surface area (Å²) >= 11 is 7.34. The Morgan fingerprint density at radius 1 is 1.17 bits per heavy atom. The largest absolute Gasteiger partial charge is 0.497 e. The molecular weight excluding hydrogens is 420 g/mol. The number of anilines is 1. The van der Waals surface area contributed by atoms with Gasteiger partial charge in [-0.15, -0.1) is 11.3 Å². The van der Waals surface area contributed by atoms with Gasteiger partial charge in [0.2, 0.25) is 5.95 Å². The van der Waals surface area contributed by atoms with Crippen LogP contribution in [0.25, 0.3) is 16.0 Å². The second-order valence-electron chi connectivity index (χ2n) is 6.95. The molecule has 0 bridgehead atoms. The van der Waals surface area contributed by atoms with Gasteiger partial charge in [0, 0.05) is 25.7 Å². The van der Waals surface area contributed by atoms with Crippen molar-refractivity contribution in [1.29, 1.82) is 0 Å². The Kier molecular flexibility index (Phi) is 5.65. The van der Waals surface area contributed by atoms with Crippen LogP contribution in [0.1, 0.15) is 15.2 Å². The van der Waals surface area contributed by atoms with E-state index in [4.69, 9.17) is 21.3 Å². The van der Waals surface area contributed by atoms with Gasteiger partial charge in [-0.25, -0.2) is 4.98 Å². The Labute approximate surface area is 183 Å². The van der Waals surface area contributed by atoms with Crippen molar-refractivity contribution >= 4 is 45.1 Å². The van der Waals surface area contributed by atoms with Crippen molar-refractivity contribution in [3.63, 3.8) is 0 Å². The monoisotopic (exact) mass is 440 g/mol. The molecule has 0 aliphatic heterocycles. The van der Waals surface area contributed by atoms with Gasteiger partial charge in [0.05, 0.1) is 17.7 Å². The van der Waals surface area contributed by atoms with Crippen molar-refractivity contribution in [1.82, 2.24) is 14.9 Å². The van der Waals surface area contributed by atoms with Gasteiger partial charge in [0.15, 0.2) is 0 Å². The van der Waals surface area contributed by atoms with Crippen molar-refractivity contribution in [2.75, 3.05) is 26.1 Å². The molecule has 0 spiro atoms. The zero-order chi connectivity index (χ0) is 21.3. The Morgan fingerprint density at radius 2 is 1.87 bits per heavy atom. The lowest BCUT2D eigenvalue weighted by Gasteiger charge is -2.15. The number of methoxy groups -OCH3 is 1. The molecule has 30 heavy (non-hydrogen) atoms. The molecule has 2 aromatic carbocycles. The average molecular weight is 441 g/mol. The van der Waals surface area contributed by atoms with Crippen LogP contribution in [0.3, 0.4) is 0 Å². The zero-order valence-electron chi connectivity index (χ0n) is 16.8. The average Bonchev–Trinajstić information content (AvgIpc) is 3.31. The van der Waals surface area contributed by atoms with E-state index in [0.717, 1.165) is 33.3 Å². The Hall–Kier alpha value is -3.03. The summed E-state index contributed by atoms with van der Waals surface area (Å²) in [5, 5.41) is 3.64. The number of thiophene rings is 1. The fourth-order valence-electron chi connectivity index (χ4n) is 3.11. The summed E-state index contributed by atoms with van der Waals surface area (Å²) in [7, 11) is 5.54. The molecule has 2 heterocycles. The van der Waals surface area contributed by atoms with E-state index in [-0.39, 0.29) is 5.91 Å². The lowest BCUT2D eigenvalue weighted by Crippen LogP contribution is -2.21. The minimum Gasteiger partial charge on any atom is -0.497 e. The van der Waals surface area contributed by atoms with Crippen molar-refractivity contribution in [3.8, 4) is 11.4 Å². The SMILES string of the molecule is COc1ccc(-n2c(N(C)C)nc3cc(C(=O)NCc4ccc(Cl)cc4)sc32)cc1. The molecule has 0 fully saturated rings. The topological polar surface area (TPSA) is 59.4 Å². The van der Waals surface area contributed by atoms with Gasteiger partial charge < -0.3 is 15.0 Å². The van der Waals surface area contributed by atoms with Crippen molar-refractivity contribution in [3.05, 3.63) is 70.1 Å². The van der Waals surface area contributed by atoms with Crippen molar-refractivity contribution in [2.45, 2.75) is 6.54 Å². The number of benzene rings is 2. The minimum atomic E-state index is -0.124. The van der Waals surface area contributed by atoms with Gasteiger partial charge in [-0.2, -0.15) is 0 Å². The highest BCUT2D eigenvalue weighted by Gasteiger charge is 2.19. The first-order chi connectivity index (χ1) is 14.5. The van der Waals surface area contributed by atoms with Crippen LogP contribution in [0, 0.1) is 0 Å². The number of hydrogen-bond acceptors (Lipinski definition) is 5. The van der Waals surface area contributed by atoms with E-state index in [1.807, 2.05) is 73.6 Å². The molecule has 8 heteroatoms. The van der Waals surface area contributed by atoms with Crippen LogP contribution in [-0.2, 0) is 6.54 Å². The summed E-state index contributed by atoms with van der Waals surface area (Å²) in [6, 6.07) is 17.0. The first-order valence-corrected chi connectivity index (χ1v) is 10.5. The number of rotatable bonds is 6. The second-order valence-corrected chi connectivity index (χ2v) is 8.42. The Balaban J connectivity index is 1.64. The van der Waals surface area contributed by atoms with Crippen LogP contribution in [0.2, 0.25) is 5.02 Å². The normalized spacial score (nSPS) is 10.9. The minimum absolute atomic E-state index is 0.124. The smallest absolute Gasteiger partial charge is 0.261 e. The molecule has 2 aromatic heterocycles. The molecule has 0 aliphatic carbocycles. The maximum absolute atomic E-state index is 12.7. The number of amides is 1. The number of nitrogens with one attached hydrogen (secondary N) is 1. The van der Waals surface area contributed by atoms with E-state index in [9.17, 15) is 4.79 Å². The maximum Gasteiger partial charge on any atom is 0.261 e. The standard InChI is InChI=1S/C22H21ClN4O2S/c1-26(2)22-25-18-12-19(20(28)24-13-14-4-6-15(23)7-5-14)30-21(18)27(22)16-8-10-17(29-3)11-9-16/h4-12H,13H2,1-3H3,(H,24,28). The third-order valence-electron chi connectivity index (χ3n) is 4.64. The summed E-state index contributed by atoms with van der Waals surface area (Å²) in [4.78, 5) is 20.9. The molecular formula is C22H21ClN4O2S. The van der Waals surface area contributed by atoms with Crippen LogP contribution in [0.5, 0.6) is 5.75 Å². The summed E-state index contributed by atoms with van der Waals surface area (Å²) in [5.41, 5.74) is 2.73. The van der Waals surface area contributed by atoms with Gasteiger partial charge in [0.1, 0.15) is 16.1 Å². The van der Waals surface area contributed by atoms with Gasteiger partial charge in [-0.1, -0.05) is 23.7 Å². The van der Waals surface area contributed by atoms with E-state index in [0.29, 0.717) is 16.4 Å². The van der Waals surface area contributed by atoms with E-state index in [2.05, 4.69) is 9.88 Å². The van der Waals surface area contributed by atoms with Crippen LogP contribution in [-0.4, -0.2) is 36.7 Å². The molecule has 0 saturated carbocycles. The highest BCUT2D eigenvalue weighted by Crippen LogP contribution is 2.33. The molecule has 6 nitrogen and oxygen atoms in total. The molecule has 0 aliphatic rings. The predicted octanol–water partition coefficient (Wildman–Crippen LogP) is 4.75. The molecule has 4 rings (SSSR count). The number of carbonyl (C=O) groups is 1. The molecule has 0 atom stereocenters. The number of hydrogen-bond donors (Lipinski definition) is 1. The van der Waals surface area contributed by atoms with E-state index in [1.165, 1.54) is 11.3 Å². The predicted molar refractivity (Wildman–Crippen MR) is 122 cm³/mol. The molecule has 0 saturated heterocycles. The van der Waals surface area contributed by atoms with Crippen LogP contribution >= 0.6 is 22.9 Å². The molecule has 154 valence electrons. The number of ether oxygens (including phenoxy) is 1.